The predicted molar refractivity (Wildman–Crippen MR) is 92.1 cm³/mol. The molecule has 1 aromatic rings. The topological polar surface area (TPSA) is 58.2 Å². The Labute approximate surface area is 133 Å². The van der Waals surface area contributed by atoms with Crippen molar-refractivity contribution in [2.75, 3.05) is 10.6 Å². The zero-order valence-corrected chi connectivity index (χ0v) is 14.0. The van der Waals surface area contributed by atoms with Gasteiger partial charge >= 0.3 is 0 Å². The van der Waals surface area contributed by atoms with E-state index in [2.05, 4.69) is 17.6 Å². The van der Waals surface area contributed by atoms with Gasteiger partial charge in [-0.05, 0) is 31.0 Å². The van der Waals surface area contributed by atoms with Gasteiger partial charge in [-0.15, -0.1) is 0 Å². The Bertz CT molecular complexity index is 498. The number of nitrogens with one attached hydrogen (secondary N) is 2. The second-order valence-corrected chi connectivity index (χ2v) is 5.64. The number of anilines is 2. The maximum Gasteiger partial charge on any atom is 0.224 e. The molecule has 2 N–H and O–H groups in total. The van der Waals surface area contributed by atoms with Gasteiger partial charge in [0, 0.05) is 24.2 Å². The van der Waals surface area contributed by atoms with Crippen LogP contribution in [0.25, 0.3) is 0 Å². The molecule has 0 bridgehead atoms. The minimum absolute atomic E-state index is 0.0255. The van der Waals surface area contributed by atoms with Gasteiger partial charge in [-0.2, -0.15) is 0 Å². The van der Waals surface area contributed by atoms with Crippen molar-refractivity contribution in [2.45, 2.75) is 65.7 Å². The lowest BCUT2D eigenvalue weighted by atomic mass is 10.1. The summed E-state index contributed by atoms with van der Waals surface area (Å²) in [7, 11) is 0. The summed E-state index contributed by atoms with van der Waals surface area (Å²) in [5, 5.41) is 5.75. The van der Waals surface area contributed by atoms with Crippen LogP contribution in [-0.4, -0.2) is 11.8 Å². The first kappa shape index (κ1) is 18.2. The first-order valence-electron chi connectivity index (χ1n) is 8.27. The molecule has 0 heterocycles. The van der Waals surface area contributed by atoms with Gasteiger partial charge in [0.05, 0.1) is 0 Å². The average Bonchev–Trinajstić information content (AvgIpc) is 2.50. The van der Waals surface area contributed by atoms with E-state index in [1.165, 1.54) is 19.3 Å². The highest BCUT2D eigenvalue weighted by atomic mass is 16.2. The highest BCUT2D eigenvalue weighted by Crippen LogP contribution is 2.21. The zero-order chi connectivity index (χ0) is 16.4. The first-order chi connectivity index (χ1) is 10.6. The van der Waals surface area contributed by atoms with Crippen molar-refractivity contribution in [3.05, 3.63) is 23.8 Å². The second-order valence-electron chi connectivity index (χ2n) is 5.64. The lowest BCUT2D eigenvalue weighted by Gasteiger charge is -2.11. The lowest BCUT2D eigenvalue weighted by Crippen LogP contribution is -2.13. The molecule has 22 heavy (non-hydrogen) atoms. The molecular weight excluding hydrogens is 276 g/mol. The number of amides is 2. The minimum atomic E-state index is -0.0255. The Hall–Kier alpha value is -1.84. The fraction of sp³-hybridized carbons (Fsp3) is 0.556. The number of hydrogen-bond acceptors (Lipinski definition) is 2. The fourth-order valence-electron chi connectivity index (χ4n) is 2.19. The summed E-state index contributed by atoms with van der Waals surface area (Å²) in [5.74, 6) is 0.00983. The summed E-state index contributed by atoms with van der Waals surface area (Å²) >= 11 is 0. The summed E-state index contributed by atoms with van der Waals surface area (Å²) in [6.07, 6.45) is 6.66. The molecule has 0 saturated carbocycles. The molecule has 0 aromatic heterocycles. The molecule has 4 nitrogen and oxygen atoms in total. The summed E-state index contributed by atoms with van der Waals surface area (Å²) in [5.41, 5.74) is 2.47. The number of unbranched alkanes of at least 4 members (excludes halogenated alkanes) is 4. The SMILES string of the molecule is CCCCCCCC(=O)Nc1ccc(C)c(NC(=O)CC)c1. The van der Waals surface area contributed by atoms with Gasteiger partial charge in [0.1, 0.15) is 0 Å². The van der Waals surface area contributed by atoms with Crippen LogP contribution >= 0.6 is 0 Å². The third-order valence-corrected chi connectivity index (χ3v) is 3.62. The van der Waals surface area contributed by atoms with E-state index >= 15 is 0 Å². The maximum absolute atomic E-state index is 11.9. The predicted octanol–water partition coefficient (Wildman–Crippen LogP) is 4.64. The third-order valence-electron chi connectivity index (χ3n) is 3.62. The van der Waals surface area contributed by atoms with Gasteiger partial charge < -0.3 is 10.6 Å². The molecule has 0 fully saturated rings. The smallest absolute Gasteiger partial charge is 0.224 e. The molecule has 0 saturated heterocycles. The van der Waals surface area contributed by atoms with Gasteiger partial charge in [0.15, 0.2) is 0 Å². The molecule has 1 rings (SSSR count). The van der Waals surface area contributed by atoms with E-state index in [4.69, 9.17) is 0 Å². The van der Waals surface area contributed by atoms with Crippen LogP contribution in [0.3, 0.4) is 0 Å². The van der Waals surface area contributed by atoms with Crippen molar-refractivity contribution in [1.29, 1.82) is 0 Å². The van der Waals surface area contributed by atoms with Gasteiger partial charge in [0.25, 0.3) is 0 Å². The van der Waals surface area contributed by atoms with Crippen LogP contribution in [0, 0.1) is 6.92 Å². The lowest BCUT2D eigenvalue weighted by molar-refractivity contribution is -0.116. The molecule has 0 aliphatic carbocycles. The Morgan fingerprint density at radius 3 is 2.36 bits per heavy atom. The Morgan fingerprint density at radius 1 is 0.955 bits per heavy atom. The van der Waals surface area contributed by atoms with E-state index in [0.29, 0.717) is 12.8 Å². The second kappa shape index (κ2) is 9.98. The Kier molecular flexibility index (Phi) is 8.26. The third kappa shape index (κ3) is 6.74. The summed E-state index contributed by atoms with van der Waals surface area (Å²) in [6.45, 7) is 5.93. The van der Waals surface area contributed by atoms with Crippen molar-refractivity contribution in [1.82, 2.24) is 0 Å². The number of benzene rings is 1. The first-order valence-corrected chi connectivity index (χ1v) is 8.27. The van der Waals surface area contributed by atoms with E-state index in [1.807, 2.05) is 32.0 Å². The van der Waals surface area contributed by atoms with Crippen LogP contribution in [0.15, 0.2) is 18.2 Å². The zero-order valence-electron chi connectivity index (χ0n) is 14.0. The van der Waals surface area contributed by atoms with Crippen molar-refractivity contribution >= 4 is 23.2 Å². The molecule has 0 aliphatic rings. The highest BCUT2D eigenvalue weighted by molar-refractivity contribution is 5.94. The maximum atomic E-state index is 11.9. The fourth-order valence-corrected chi connectivity index (χ4v) is 2.19. The molecule has 0 spiro atoms. The number of carbonyl (C=O) groups is 2. The van der Waals surface area contributed by atoms with E-state index in [9.17, 15) is 9.59 Å². The molecular formula is C18H28N2O2. The van der Waals surface area contributed by atoms with Crippen LogP contribution in [0.2, 0.25) is 0 Å². The summed E-state index contributed by atoms with van der Waals surface area (Å²) in [4.78, 5) is 23.4. The van der Waals surface area contributed by atoms with Crippen molar-refractivity contribution in [3.8, 4) is 0 Å². The van der Waals surface area contributed by atoms with Gasteiger partial charge in [0.2, 0.25) is 11.8 Å². The summed E-state index contributed by atoms with van der Waals surface area (Å²) in [6, 6.07) is 5.59. The average molecular weight is 304 g/mol. The van der Waals surface area contributed by atoms with Crippen LogP contribution in [0.1, 0.15) is 64.4 Å². The van der Waals surface area contributed by atoms with E-state index in [0.717, 1.165) is 29.8 Å². The van der Waals surface area contributed by atoms with Gasteiger partial charge in [-0.25, -0.2) is 0 Å². The largest absolute Gasteiger partial charge is 0.326 e. The molecule has 4 heteroatoms. The molecule has 0 radical (unpaired) electrons. The molecule has 1 aromatic carbocycles. The van der Waals surface area contributed by atoms with Gasteiger partial charge in [-0.1, -0.05) is 45.6 Å². The molecule has 0 unspecified atom stereocenters. The molecule has 0 atom stereocenters. The van der Waals surface area contributed by atoms with E-state index in [1.54, 1.807) is 0 Å². The molecule has 2 amide bonds. The van der Waals surface area contributed by atoms with Crippen LogP contribution in [0.4, 0.5) is 11.4 Å². The number of carbonyl (C=O) groups excluding carboxylic acids is 2. The van der Waals surface area contributed by atoms with Gasteiger partial charge in [-0.3, -0.25) is 9.59 Å². The Morgan fingerprint density at radius 2 is 1.68 bits per heavy atom. The standard InChI is InChI=1S/C18H28N2O2/c1-4-6-7-8-9-10-18(22)19-15-12-11-14(3)16(13-15)20-17(21)5-2/h11-13H,4-10H2,1-3H3,(H,19,22)(H,20,21). The van der Waals surface area contributed by atoms with Crippen LogP contribution in [-0.2, 0) is 9.59 Å². The molecule has 122 valence electrons. The van der Waals surface area contributed by atoms with Crippen LogP contribution in [0.5, 0.6) is 0 Å². The van der Waals surface area contributed by atoms with Crippen LogP contribution < -0.4 is 10.6 Å². The van der Waals surface area contributed by atoms with E-state index in [-0.39, 0.29) is 11.8 Å². The van der Waals surface area contributed by atoms with Crippen molar-refractivity contribution in [3.63, 3.8) is 0 Å². The minimum Gasteiger partial charge on any atom is -0.326 e. The quantitative estimate of drug-likeness (QED) is 0.653. The normalized spacial score (nSPS) is 10.3. The van der Waals surface area contributed by atoms with Crippen molar-refractivity contribution < 1.29 is 9.59 Å². The number of hydrogen-bond donors (Lipinski definition) is 2. The highest BCUT2D eigenvalue weighted by Gasteiger charge is 2.06. The monoisotopic (exact) mass is 304 g/mol. The van der Waals surface area contributed by atoms with E-state index < -0.39 is 0 Å². The molecule has 0 aliphatic heterocycles. The Balaban J connectivity index is 2.49. The summed E-state index contributed by atoms with van der Waals surface area (Å²) < 4.78 is 0. The number of aryl methyl sites for hydroxylation is 1. The number of rotatable bonds is 9. The van der Waals surface area contributed by atoms with Crippen molar-refractivity contribution in [2.24, 2.45) is 0 Å².